The highest BCUT2D eigenvalue weighted by atomic mass is 79.9. The third kappa shape index (κ3) is 4.45. The van der Waals surface area contributed by atoms with Gasteiger partial charge in [0.05, 0.1) is 20.5 Å². The second kappa shape index (κ2) is 6.20. The number of hydrogen-bond donors (Lipinski definition) is 1. The van der Waals surface area contributed by atoms with Crippen molar-refractivity contribution >= 4 is 31.8 Å². The van der Waals surface area contributed by atoms with Gasteiger partial charge in [-0.3, -0.25) is 9.40 Å². The van der Waals surface area contributed by atoms with E-state index >= 15 is 0 Å². The number of aryl methyl sites for hydroxylation is 1. The molecule has 0 aliphatic rings. The molecule has 138 valence electrons. The average molecular weight is 452 g/mol. The maximum atomic E-state index is 12.8. The fraction of sp³-hybridized carbons (Fsp3) is 0.250. The number of alkyl halides is 6. The van der Waals surface area contributed by atoms with E-state index in [-0.39, 0.29) is 28.5 Å². The van der Waals surface area contributed by atoms with Crippen molar-refractivity contribution in [1.82, 2.24) is 9.78 Å². The molecule has 13 heteroatoms. The van der Waals surface area contributed by atoms with E-state index in [0.29, 0.717) is 0 Å². The van der Waals surface area contributed by atoms with Gasteiger partial charge in [0.25, 0.3) is 10.0 Å². The Morgan fingerprint density at radius 2 is 1.52 bits per heavy atom. The van der Waals surface area contributed by atoms with Crippen LogP contribution in [-0.4, -0.2) is 18.2 Å². The molecule has 0 aliphatic carbocycles. The van der Waals surface area contributed by atoms with E-state index in [4.69, 9.17) is 0 Å². The lowest BCUT2D eigenvalue weighted by molar-refractivity contribution is -0.143. The minimum Gasteiger partial charge on any atom is -0.273 e. The van der Waals surface area contributed by atoms with Crippen molar-refractivity contribution in [2.45, 2.75) is 17.2 Å². The molecule has 2 aromatic rings. The van der Waals surface area contributed by atoms with Gasteiger partial charge >= 0.3 is 12.4 Å². The molecule has 1 aromatic heterocycles. The molecule has 25 heavy (non-hydrogen) atoms. The minimum absolute atomic E-state index is 0.119. The molecule has 0 unspecified atom stereocenters. The number of anilines is 1. The smallest absolute Gasteiger partial charge is 0.273 e. The van der Waals surface area contributed by atoms with E-state index in [0.717, 1.165) is 0 Å². The summed E-state index contributed by atoms with van der Waals surface area (Å²) in [5.41, 5.74) is -3.47. The Morgan fingerprint density at radius 3 is 1.88 bits per heavy atom. The molecule has 1 heterocycles. The normalized spacial score (nSPS) is 13.1. The number of nitrogens with zero attached hydrogens (tertiary/aromatic N) is 2. The predicted molar refractivity (Wildman–Crippen MR) is 78.2 cm³/mol. The second-order valence-electron chi connectivity index (χ2n) is 4.85. The van der Waals surface area contributed by atoms with E-state index < -0.39 is 38.4 Å². The SMILES string of the molecule is Cn1cc(Br)c(NS(=O)(=O)c2cc(C(F)(F)F)cc(C(F)(F)F)c2)n1. The summed E-state index contributed by atoms with van der Waals surface area (Å²) >= 11 is 2.96. The maximum Gasteiger partial charge on any atom is 0.416 e. The molecule has 0 fully saturated rings. The van der Waals surface area contributed by atoms with E-state index in [2.05, 4.69) is 21.0 Å². The van der Waals surface area contributed by atoms with Crippen molar-refractivity contribution in [2.75, 3.05) is 4.72 Å². The first-order valence-electron chi connectivity index (χ1n) is 6.21. The zero-order valence-electron chi connectivity index (χ0n) is 12.1. The zero-order valence-corrected chi connectivity index (χ0v) is 14.5. The Bertz CT molecular complexity index is 872. The standard InChI is InChI=1S/C12H8BrF6N3O2S/c1-22-5-9(13)10(20-22)21-25(23,24)8-3-6(11(14,15)16)2-7(4-8)12(17,18)19/h2-5H,1H3,(H,20,21). The van der Waals surface area contributed by atoms with Gasteiger partial charge in [-0.1, -0.05) is 0 Å². The van der Waals surface area contributed by atoms with Crippen LogP contribution in [0.2, 0.25) is 0 Å². The number of aromatic nitrogens is 2. The minimum atomic E-state index is -5.16. The van der Waals surface area contributed by atoms with Crippen LogP contribution in [0.25, 0.3) is 0 Å². The molecule has 0 radical (unpaired) electrons. The highest BCUT2D eigenvalue weighted by Crippen LogP contribution is 2.37. The van der Waals surface area contributed by atoms with E-state index in [1.54, 1.807) is 0 Å². The molecular weight excluding hydrogens is 444 g/mol. The Hall–Kier alpha value is -1.76. The van der Waals surface area contributed by atoms with Crippen LogP contribution in [0, 0.1) is 0 Å². The van der Waals surface area contributed by atoms with Crippen molar-refractivity contribution < 1.29 is 34.8 Å². The molecule has 0 spiro atoms. The molecule has 0 atom stereocenters. The number of halogens is 7. The van der Waals surface area contributed by atoms with Gasteiger partial charge in [0.2, 0.25) is 0 Å². The number of nitrogens with one attached hydrogen (secondary N) is 1. The topological polar surface area (TPSA) is 64.0 Å². The molecule has 2 rings (SSSR count). The number of hydrogen-bond acceptors (Lipinski definition) is 3. The zero-order chi connectivity index (χ0) is 19.2. The summed E-state index contributed by atoms with van der Waals surface area (Å²) in [6.45, 7) is 0. The maximum absolute atomic E-state index is 12.8. The molecule has 1 N–H and O–H groups in total. The highest BCUT2D eigenvalue weighted by Gasteiger charge is 2.38. The predicted octanol–water partition coefficient (Wildman–Crippen LogP) is 4.02. The summed E-state index contributed by atoms with van der Waals surface area (Å²) in [6, 6.07) is 0.0819. The Morgan fingerprint density at radius 1 is 1.04 bits per heavy atom. The lowest BCUT2D eigenvalue weighted by Crippen LogP contribution is -2.18. The third-order valence-electron chi connectivity index (χ3n) is 2.89. The number of sulfonamides is 1. The molecule has 1 aromatic carbocycles. The van der Waals surface area contributed by atoms with Crippen LogP contribution in [0.5, 0.6) is 0 Å². The van der Waals surface area contributed by atoms with E-state index in [1.165, 1.54) is 17.9 Å². The van der Waals surface area contributed by atoms with Crippen LogP contribution in [-0.2, 0) is 29.4 Å². The Balaban J connectivity index is 2.58. The first-order valence-corrected chi connectivity index (χ1v) is 8.49. The molecule has 0 bridgehead atoms. The van der Waals surface area contributed by atoms with Crippen molar-refractivity contribution in [1.29, 1.82) is 0 Å². The molecular formula is C12H8BrF6N3O2S. The Kier molecular flexibility index (Phi) is 4.85. The van der Waals surface area contributed by atoms with Crippen LogP contribution in [0.15, 0.2) is 33.8 Å². The quantitative estimate of drug-likeness (QED) is 0.716. The van der Waals surface area contributed by atoms with Gasteiger partial charge in [0.1, 0.15) is 0 Å². The highest BCUT2D eigenvalue weighted by molar-refractivity contribution is 9.10. The van der Waals surface area contributed by atoms with Crippen molar-refractivity contribution in [3.63, 3.8) is 0 Å². The molecule has 0 aliphatic heterocycles. The van der Waals surface area contributed by atoms with Crippen LogP contribution in [0.4, 0.5) is 32.2 Å². The Labute approximate surface area is 145 Å². The first-order chi connectivity index (χ1) is 11.2. The second-order valence-corrected chi connectivity index (χ2v) is 7.38. The van der Waals surface area contributed by atoms with Gasteiger partial charge in [-0.25, -0.2) is 8.42 Å². The van der Waals surface area contributed by atoms with Crippen LogP contribution >= 0.6 is 15.9 Å². The van der Waals surface area contributed by atoms with Crippen LogP contribution in [0.3, 0.4) is 0 Å². The fourth-order valence-electron chi connectivity index (χ4n) is 1.80. The summed E-state index contributed by atoms with van der Waals surface area (Å²) in [4.78, 5) is -1.19. The van der Waals surface area contributed by atoms with Gasteiger partial charge in [0, 0.05) is 13.2 Å². The number of rotatable bonds is 3. The molecule has 0 amide bonds. The van der Waals surface area contributed by atoms with E-state index in [9.17, 15) is 34.8 Å². The fourth-order valence-corrected chi connectivity index (χ4v) is 3.49. The molecule has 5 nitrogen and oxygen atoms in total. The monoisotopic (exact) mass is 451 g/mol. The van der Waals surface area contributed by atoms with Gasteiger partial charge < -0.3 is 0 Å². The summed E-state index contributed by atoms with van der Waals surface area (Å²) in [7, 11) is -3.30. The summed E-state index contributed by atoms with van der Waals surface area (Å²) in [5, 5.41) is 3.70. The average Bonchev–Trinajstić information content (AvgIpc) is 2.73. The van der Waals surface area contributed by atoms with Gasteiger partial charge in [-0.05, 0) is 34.1 Å². The van der Waals surface area contributed by atoms with Gasteiger partial charge in [-0.2, -0.15) is 31.4 Å². The summed E-state index contributed by atoms with van der Waals surface area (Å²) in [6.07, 6.45) is -8.97. The van der Waals surface area contributed by atoms with Gasteiger partial charge in [-0.15, -0.1) is 0 Å². The lowest BCUT2D eigenvalue weighted by atomic mass is 10.1. The molecule has 0 saturated heterocycles. The number of benzene rings is 1. The van der Waals surface area contributed by atoms with Crippen molar-refractivity contribution in [2.24, 2.45) is 7.05 Å². The van der Waals surface area contributed by atoms with Crippen molar-refractivity contribution in [3.05, 3.63) is 40.0 Å². The summed E-state index contributed by atoms with van der Waals surface area (Å²) in [5.74, 6) is -0.284. The molecule has 0 saturated carbocycles. The third-order valence-corrected chi connectivity index (χ3v) is 4.79. The largest absolute Gasteiger partial charge is 0.416 e. The van der Waals surface area contributed by atoms with Gasteiger partial charge in [0.15, 0.2) is 5.82 Å². The van der Waals surface area contributed by atoms with Crippen LogP contribution in [0.1, 0.15) is 11.1 Å². The van der Waals surface area contributed by atoms with Crippen molar-refractivity contribution in [3.8, 4) is 0 Å². The lowest BCUT2D eigenvalue weighted by Gasteiger charge is -2.14. The van der Waals surface area contributed by atoms with E-state index in [1.807, 2.05) is 4.72 Å². The first kappa shape index (κ1) is 19.6. The summed E-state index contributed by atoms with van der Waals surface area (Å²) < 4.78 is 104. The van der Waals surface area contributed by atoms with Crippen LogP contribution < -0.4 is 4.72 Å².